The molecule has 2 rings (SSSR count). The number of carbonyl (C=O) groups is 1. The smallest absolute Gasteiger partial charge is 0.377 e. The molecule has 0 radical (unpaired) electrons. The van der Waals surface area contributed by atoms with Gasteiger partial charge in [0.15, 0.2) is 8.32 Å². The molecule has 0 spiro atoms. The van der Waals surface area contributed by atoms with E-state index in [1.807, 2.05) is 25.1 Å². The van der Waals surface area contributed by atoms with Crippen LogP contribution in [0.4, 0.5) is 4.79 Å². The zero-order valence-corrected chi connectivity index (χ0v) is 12.6. The van der Waals surface area contributed by atoms with Crippen molar-refractivity contribution in [3.63, 3.8) is 0 Å². The van der Waals surface area contributed by atoms with E-state index in [2.05, 4.69) is 29.9 Å². The Hall–Kier alpha value is -1.44. The average molecular weight is 281 g/mol. The molecule has 0 saturated carbocycles. The van der Waals surface area contributed by atoms with Crippen LogP contribution >= 0.6 is 0 Å². The lowest BCUT2D eigenvalue weighted by Gasteiger charge is -2.37. The zero-order valence-electron chi connectivity index (χ0n) is 11.6. The van der Waals surface area contributed by atoms with Gasteiger partial charge in [-0.15, -0.1) is 0 Å². The molecule has 6 nitrogen and oxygen atoms in total. The van der Waals surface area contributed by atoms with Crippen LogP contribution in [-0.4, -0.2) is 31.0 Å². The first-order chi connectivity index (χ1) is 8.87. The van der Waals surface area contributed by atoms with Gasteiger partial charge in [-0.25, -0.2) is 4.79 Å². The lowest BCUT2D eigenvalue weighted by Crippen LogP contribution is -2.56. The van der Waals surface area contributed by atoms with E-state index in [9.17, 15) is 4.79 Å². The molecular weight excluding hydrogens is 262 g/mol. The third kappa shape index (κ3) is 2.78. The summed E-state index contributed by atoms with van der Waals surface area (Å²) in [6, 6.07) is 5.49. The fraction of sp³-hybridized carbons (Fsp3) is 0.500. The summed E-state index contributed by atoms with van der Waals surface area (Å²) in [5.41, 5.74) is 0.616. The fourth-order valence-electron chi connectivity index (χ4n) is 2.00. The Bertz CT molecular complexity index is 463. The molecule has 1 unspecified atom stereocenters. The number of carbonyl (C=O) groups excluding carboxylic acids is 1. The molecule has 1 fully saturated rings. The van der Waals surface area contributed by atoms with Gasteiger partial charge < -0.3 is 9.26 Å². The molecule has 7 heteroatoms. The Morgan fingerprint density at radius 1 is 1.47 bits per heavy atom. The predicted octanol–water partition coefficient (Wildman–Crippen LogP) is 2.02. The van der Waals surface area contributed by atoms with Gasteiger partial charge in [0.2, 0.25) is 0 Å². The number of hydroxylamine groups is 2. The van der Waals surface area contributed by atoms with Crippen LogP contribution in [0.2, 0.25) is 19.6 Å². The van der Waals surface area contributed by atoms with Crippen LogP contribution in [0.5, 0.6) is 0 Å². The summed E-state index contributed by atoms with van der Waals surface area (Å²) in [6.45, 7) is 8.55. The number of aromatic nitrogens is 1. The molecule has 0 aromatic carbocycles. The van der Waals surface area contributed by atoms with Crippen molar-refractivity contribution in [2.45, 2.75) is 32.4 Å². The van der Waals surface area contributed by atoms with E-state index in [1.54, 1.807) is 6.20 Å². The molecule has 1 saturated heterocycles. The van der Waals surface area contributed by atoms with Gasteiger partial charge in [0, 0.05) is 12.7 Å². The summed E-state index contributed by atoms with van der Waals surface area (Å²) in [7, 11) is -1.94. The maximum Gasteiger partial charge on any atom is 0.430 e. The molecule has 1 atom stereocenters. The fourth-order valence-corrected chi connectivity index (χ4v) is 3.15. The minimum Gasteiger partial charge on any atom is -0.377 e. The van der Waals surface area contributed by atoms with Crippen LogP contribution in [0.25, 0.3) is 0 Å². The quantitative estimate of drug-likeness (QED) is 0.855. The van der Waals surface area contributed by atoms with Crippen molar-refractivity contribution in [3.8, 4) is 0 Å². The van der Waals surface area contributed by atoms with Gasteiger partial charge in [0.25, 0.3) is 5.85 Å². The number of pyridine rings is 1. The van der Waals surface area contributed by atoms with Gasteiger partial charge in [-0.1, -0.05) is 11.1 Å². The number of amides is 1. The third-order valence-electron chi connectivity index (χ3n) is 2.57. The largest absolute Gasteiger partial charge is 0.430 e. The molecule has 1 aliphatic rings. The number of rotatable bonds is 4. The number of nitrogens with zero attached hydrogens (tertiary/aromatic N) is 2. The molecule has 1 aliphatic heterocycles. The number of hydrogen-bond donors (Lipinski definition) is 1. The van der Waals surface area contributed by atoms with Gasteiger partial charge in [0.05, 0.1) is 0 Å². The highest BCUT2D eigenvalue weighted by Crippen LogP contribution is 2.33. The Morgan fingerprint density at radius 3 is 2.74 bits per heavy atom. The minimum absolute atomic E-state index is 0.500. The number of hydrogen-bond acceptors (Lipinski definition) is 5. The van der Waals surface area contributed by atoms with E-state index in [1.165, 1.54) is 5.06 Å². The Labute approximate surface area is 113 Å². The van der Waals surface area contributed by atoms with E-state index in [4.69, 9.17) is 9.26 Å². The summed E-state index contributed by atoms with van der Waals surface area (Å²) in [6.07, 6.45) is 1.15. The molecule has 1 N–H and O–H groups in total. The minimum atomic E-state index is -1.94. The lowest BCUT2D eigenvalue weighted by atomic mass is 10.2. The van der Waals surface area contributed by atoms with Crippen LogP contribution in [0.3, 0.4) is 0 Å². The Balaban J connectivity index is 2.47. The third-order valence-corrected chi connectivity index (χ3v) is 3.48. The first kappa shape index (κ1) is 14.0. The monoisotopic (exact) mass is 281 g/mol. The van der Waals surface area contributed by atoms with Gasteiger partial charge in [-0.05, 0) is 38.7 Å². The summed E-state index contributed by atoms with van der Waals surface area (Å²) in [5, 5.41) is 4.25. The highest BCUT2D eigenvalue weighted by atomic mass is 28.4. The van der Waals surface area contributed by atoms with E-state index in [0.29, 0.717) is 12.2 Å². The van der Waals surface area contributed by atoms with Crippen LogP contribution in [-0.2, 0) is 15.1 Å². The second kappa shape index (κ2) is 4.91. The topological polar surface area (TPSA) is 63.7 Å². The summed E-state index contributed by atoms with van der Waals surface area (Å²) < 4.78 is 6.19. The van der Waals surface area contributed by atoms with Crippen LogP contribution < -0.4 is 5.32 Å². The first-order valence-corrected chi connectivity index (χ1v) is 9.67. The highest BCUT2D eigenvalue weighted by Gasteiger charge is 2.52. The van der Waals surface area contributed by atoms with Crippen LogP contribution in [0.1, 0.15) is 12.6 Å². The van der Waals surface area contributed by atoms with Crippen LogP contribution in [0.15, 0.2) is 24.4 Å². The molecular formula is C12H19N3O3Si. The van der Waals surface area contributed by atoms with E-state index < -0.39 is 20.3 Å². The normalized spacial score (nSPS) is 24.1. The van der Waals surface area contributed by atoms with Gasteiger partial charge in [0.1, 0.15) is 5.69 Å². The Morgan fingerprint density at radius 2 is 2.21 bits per heavy atom. The van der Waals surface area contributed by atoms with Crippen molar-refractivity contribution in [2.75, 3.05) is 6.54 Å². The van der Waals surface area contributed by atoms with Crippen molar-refractivity contribution >= 4 is 14.4 Å². The zero-order chi connectivity index (χ0) is 14.1. The van der Waals surface area contributed by atoms with Gasteiger partial charge in [-0.3, -0.25) is 10.3 Å². The molecule has 2 heterocycles. The lowest BCUT2D eigenvalue weighted by molar-refractivity contribution is -0.221. The first-order valence-electron chi connectivity index (χ1n) is 6.27. The highest BCUT2D eigenvalue weighted by molar-refractivity contribution is 6.69. The molecule has 1 aromatic heterocycles. The molecule has 0 bridgehead atoms. The molecule has 0 aliphatic carbocycles. The Kier molecular flexibility index (Phi) is 3.61. The second-order valence-corrected chi connectivity index (χ2v) is 9.70. The molecule has 1 aromatic rings. The van der Waals surface area contributed by atoms with Gasteiger partial charge >= 0.3 is 6.09 Å². The molecule has 104 valence electrons. The predicted molar refractivity (Wildman–Crippen MR) is 72.3 cm³/mol. The maximum atomic E-state index is 11.6. The van der Waals surface area contributed by atoms with E-state index >= 15 is 0 Å². The summed E-state index contributed by atoms with van der Waals surface area (Å²) in [5.74, 6) is -1.13. The summed E-state index contributed by atoms with van der Waals surface area (Å²) >= 11 is 0. The standard InChI is InChI=1S/C12H19N3O3Si/c1-5-15-12(14-11(16)17-15,18-19(2,3)4)10-8-6-7-9-13-10/h6-9H,5H2,1-4H3,(H,14,16). The average Bonchev–Trinajstić information content (AvgIpc) is 2.65. The number of nitrogens with one attached hydrogen (secondary N) is 1. The second-order valence-electron chi connectivity index (χ2n) is 5.27. The molecule has 1 amide bonds. The van der Waals surface area contributed by atoms with E-state index in [-0.39, 0.29) is 0 Å². The van der Waals surface area contributed by atoms with Crippen molar-refractivity contribution in [1.29, 1.82) is 0 Å². The van der Waals surface area contributed by atoms with Gasteiger partial charge in [-0.2, -0.15) is 0 Å². The van der Waals surface area contributed by atoms with Crippen molar-refractivity contribution in [2.24, 2.45) is 0 Å². The molecule has 19 heavy (non-hydrogen) atoms. The SMILES string of the molecule is CCN1OC(=O)NC1(O[Si](C)(C)C)c1ccccn1. The van der Waals surface area contributed by atoms with Crippen molar-refractivity contribution in [3.05, 3.63) is 30.1 Å². The van der Waals surface area contributed by atoms with Crippen LogP contribution in [0, 0.1) is 0 Å². The summed E-state index contributed by atoms with van der Waals surface area (Å²) in [4.78, 5) is 21.1. The van der Waals surface area contributed by atoms with E-state index in [0.717, 1.165) is 0 Å². The van der Waals surface area contributed by atoms with Crippen molar-refractivity contribution < 1.29 is 14.1 Å². The maximum absolute atomic E-state index is 11.6. The van der Waals surface area contributed by atoms with Crippen molar-refractivity contribution in [1.82, 2.24) is 15.4 Å².